The fourth-order valence-corrected chi connectivity index (χ4v) is 3.93. The molecule has 0 aliphatic carbocycles. The van der Waals surface area contributed by atoms with Crippen LogP contribution in [0, 0.1) is 0 Å². The number of hydrogen-bond acceptors (Lipinski definition) is 7. The summed E-state index contributed by atoms with van der Waals surface area (Å²) < 4.78 is 56.9. The van der Waals surface area contributed by atoms with E-state index in [1.807, 2.05) is 0 Å². The molecule has 1 aromatic heterocycles. The van der Waals surface area contributed by atoms with E-state index >= 15 is 0 Å². The summed E-state index contributed by atoms with van der Waals surface area (Å²) >= 11 is 11.6. The lowest BCUT2D eigenvalue weighted by atomic mass is 10.1. The average Bonchev–Trinajstić information content (AvgIpc) is 3.24. The van der Waals surface area contributed by atoms with Crippen LogP contribution in [0.25, 0.3) is 0 Å². The van der Waals surface area contributed by atoms with Crippen molar-refractivity contribution >= 4 is 35.1 Å². The molecule has 0 radical (unpaired) electrons. The molecule has 0 saturated carbocycles. The molecule has 9 nitrogen and oxygen atoms in total. The van der Waals surface area contributed by atoms with Crippen LogP contribution in [0.15, 0.2) is 64.3 Å². The van der Waals surface area contributed by atoms with Crippen molar-refractivity contribution in [2.45, 2.75) is 31.0 Å². The zero-order chi connectivity index (χ0) is 27.6. The van der Waals surface area contributed by atoms with Crippen molar-refractivity contribution in [2.75, 3.05) is 6.61 Å². The van der Waals surface area contributed by atoms with Crippen molar-refractivity contribution < 1.29 is 37.0 Å². The number of H-pyrrole nitrogens is 1. The number of aromatic amines is 1. The minimum Gasteiger partial charge on any atom is -0.459 e. The molecule has 200 valence electrons. The van der Waals surface area contributed by atoms with Gasteiger partial charge in [0.25, 0.3) is 5.56 Å². The van der Waals surface area contributed by atoms with Gasteiger partial charge in [0.05, 0.1) is 17.2 Å². The molecule has 0 unspecified atom stereocenters. The number of halogens is 5. The van der Waals surface area contributed by atoms with Crippen LogP contribution in [-0.4, -0.2) is 40.3 Å². The number of carbonyl (C=O) groups is 2. The van der Waals surface area contributed by atoms with Gasteiger partial charge in [-0.25, -0.2) is 14.4 Å². The molecule has 1 saturated heterocycles. The molecule has 1 N–H and O–H groups in total. The number of alkyl halides is 3. The Morgan fingerprint density at radius 1 is 0.974 bits per heavy atom. The van der Waals surface area contributed by atoms with Gasteiger partial charge >= 0.3 is 23.8 Å². The van der Waals surface area contributed by atoms with Crippen LogP contribution in [0.4, 0.5) is 13.2 Å². The number of esters is 2. The number of ether oxygens (including phenoxy) is 3. The van der Waals surface area contributed by atoms with Crippen LogP contribution < -0.4 is 11.2 Å². The SMILES string of the molecule is O=C(OC[C@@H]1C[C@@H](OC(=O)c2ccc(Cl)cc2)[C@H](n2cc(C(F)(F)F)c(=O)[nH]c2=O)O1)c1ccc(Cl)cc1. The maximum Gasteiger partial charge on any atom is 0.423 e. The second-order valence-electron chi connectivity index (χ2n) is 8.15. The summed E-state index contributed by atoms with van der Waals surface area (Å²) in [6, 6.07) is 11.4. The molecule has 3 atom stereocenters. The van der Waals surface area contributed by atoms with Crippen LogP contribution in [0.5, 0.6) is 0 Å². The molecule has 0 spiro atoms. The number of benzene rings is 2. The second-order valence-corrected chi connectivity index (χ2v) is 9.02. The number of carbonyl (C=O) groups excluding carboxylic acids is 2. The molecule has 2 aromatic carbocycles. The van der Waals surface area contributed by atoms with Gasteiger partial charge in [-0.05, 0) is 48.5 Å². The van der Waals surface area contributed by atoms with Crippen molar-refractivity contribution in [3.05, 3.63) is 102 Å². The molecule has 1 aliphatic heterocycles. The lowest BCUT2D eigenvalue weighted by molar-refractivity contribution is -0.140. The molecule has 0 bridgehead atoms. The van der Waals surface area contributed by atoms with Crippen LogP contribution in [0.1, 0.15) is 38.9 Å². The first kappa shape index (κ1) is 27.4. The quantitative estimate of drug-likeness (QED) is 0.439. The molecule has 2 heterocycles. The van der Waals surface area contributed by atoms with E-state index in [1.54, 1.807) is 4.98 Å². The molecular formula is C24H17Cl2F3N2O7. The van der Waals surface area contributed by atoms with Gasteiger partial charge in [0, 0.05) is 22.7 Å². The van der Waals surface area contributed by atoms with Crippen LogP contribution in [0.3, 0.4) is 0 Å². The Morgan fingerprint density at radius 2 is 1.53 bits per heavy atom. The van der Waals surface area contributed by atoms with Gasteiger partial charge in [-0.3, -0.25) is 14.3 Å². The van der Waals surface area contributed by atoms with Crippen molar-refractivity contribution in [2.24, 2.45) is 0 Å². The van der Waals surface area contributed by atoms with Gasteiger partial charge in [-0.2, -0.15) is 13.2 Å². The maximum absolute atomic E-state index is 13.3. The second kappa shape index (κ2) is 11.0. The summed E-state index contributed by atoms with van der Waals surface area (Å²) in [6.45, 7) is -0.378. The zero-order valence-electron chi connectivity index (χ0n) is 19.0. The number of nitrogens with zero attached hydrogens (tertiary/aromatic N) is 1. The standard InChI is InChI=1S/C24H17Cl2F3N2O7/c25-14-5-1-12(2-6-14)21(33)36-11-16-9-18(38-22(34)13-3-7-15(26)8-4-13)20(37-16)31-10-17(24(27,28)29)19(32)30-23(31)35/h1-8,10,16,18,20H,9,11H2,(H,30,32,35)/t16-,18+,20+/m0/s1. The first-order chi connectivity index (χ1) is 17.9. The van der Waals surface area contributed by atoms with Gasteiger partial charge in [0.2, 0.25) is 0 Å². The van der Waals surface area contributed by atoms with E-state index < -0.39 is 53.4 Å². The highest BCUT2D eigenvalue weighted by atomic mass is 35.5. The highest BCUT2D eigenvalue weighted by molar-refractivity contribution is 6.31. The predicted molar refractivity (Wildman–Crippen MR) is 127 cm³/mol. The maximum atomic E-state index is 13.3. The fraction of sp³-hybridized carbons (Fsp3) is 0.250. The van der Waals surface area contributed by atoms with Crippen LogP contribution in [0.2, 0.25) is 10.0 Å². The van der Waals surface area contributed by atoms with Crippen LogP contribution >= 0.6 is 23.2 Å². The van der Waals surface area contributed by atoms with E-state index in [2.05, 4.69) is 0 Å². The summed E-state index contributed by atoms with van der Waals surface area (Å²) in [5, 5.41) is 0.754. The van der Waals surface area contributed by atoms with E-state index in [-0.39, 0.29) is 30.4 Å². The third-order valence-electron chi connectivity index (χ3n) is 5.51. The number of aromatic nitrogens is 2. The summed E-state index contributed by atoms with van der Waals surface area (Å²) in [4.78, 5) is 50.8. The molecule has 1 fully saturated rings. The zero-order valence-corrected chi connectivity index (χ0v) is 20.5. The molecular weight excluding hydrogens is 556 g/mol. The van der Waals surface area contributed by atoms with E-state index in [9.17, 15) is 32.3 Å². The van der Waals surface area contributed by atoms with E-state index in [1.165, 1.54) is 48.5 Å². The smallest absolute Gasteiger partial charge is 0.423 e. The van der Waals surface area contributed by atoms with Crippen LogP contribution in [-0.2, 0) is 20.4 Å². The molecule has 0 amide bonds. The molecule has 38 heavy (non-hydrogen) atoms. The lowest BCUT2D eigenvalue weighted by Crippen LogP contribution is -2.39. The number of hydrogen-bond donors (Lipinski definition) is 1. The van der Waals surface area contributed by atoms with E-state index in [0.29, 0.717) is 14.6 Å². The van der Waals surface area contributed by atoms with Gasteiger partial charge < -0.3 is 14.2 Å². The minimum atomic E-state index is -5.08. The predicted octanol–water partition coefficient (Wildman–Crippen LogP) is 4.23. The van der Waals surface area contributed by atoms with Gasteiger partial charge in [-0.1, -0.05) is 23.2 Å². The first-order valence-corrected chi connectivity index (χ1v) is 11.7. The molecule has 1 aliphatic rings. The van der Waals surface area contributed by atoms with Gasteiger partial charge in [0.15, 0.2) is 6.23 Å². The van der Waals surface area contributed by atoms with Crippen molar-refractivity contribution in [1.29, 1.82) is 0 Å². The topological polar surface area (TPSA) is 117 Å². The Morgan fingerprint density at radius 3 is 2.08 bits per heavy atom. The van der Waals surface area contributed by atoms with Crippen molar-refractivity contribution in [1.82, 2.24) is 9.55 Å². The number of nitrogens with one attached hydrogen (secondary N) is 1. The Labute approximate surface area is 221 Å². The Balaban J connectivity index is 1.59. The average molecular weight is 573 g/mol. The molecule has 3 aromatic rings. The summed E-state index contributed by atoms with van der Waals surface area (Å²) in [6.07, 6.45) is -8.78. The monoisotopic (exact) mass is 572 g/mol. The molecule has 4 rings (SSSR count). The van der Waals surface area contributed by atoms with Crippen molar-refractivity contribution in [3.8, 4) is 0 Å². The highest BCUT2D eigenvalue weighted by Gasteiger charge is 2.42. The Kier molecular flexibility index (Phi) is 7.95. The molecule has 14 heteroatoms. The third-order valence-corrected chi connectivity index (χ3v) is 6.02. The van der Waals surface area contributed by atoms with Gasteiger partial charge in [-0.15, -0.1) is 0 Å². The lowest BCUT2D eigenvalue weighted by Gasteiger charge is -2.21. The Bertz CT molecular complexity index is 1450. The first-order valence-electron chi connectivity index (χ1n) is 10.9. The van der Waals surface area contributed by atoms with E-state index in [0.717, 1.165) is 0 Å². The highest BCUT2D eigenvalue weighted by Crippen LogP contribution is 2.33. The largest absolute Gasteiger partial charge is 0.459 e. The summed E-state index contributed by atoms with van der Waals surface area (Å²) in [5.41, 5.74) is -4.25. The third kappa shape index (κ3) is 6.26. The summed E-state index contributed by atoms with van der Waals surface area (Å²) in [7, 11) is 0. The number of rotatable bonds is 6. The van der Waals surface area contributed by atoms with Crippen molar-refractivity contribution in [3.63, 3.8) is 0 Å². The fourth-order valence-electron chi connectivity index (χ4n) is 3.68. The van der Waals surface area contributed by atoms with E-state index in [4.69, 9.17) is 37.4 Å². The Hall–Kier alpha value is -3.61. The van der Waals surface area contributed by atoms with Gasteiger partial charge in [0.1, 0.15) is 18.3 Å². The minimum absolute atomic E-state index is 0.0792. The normalized spacial score (nSPS) is 19.2. The summed E-state index contributed by atoms with van der Waals surface area (Å²) in [5.74, 6) is -1.60.